The van der Waals surface area contributed by atoms with Crippen molar-refractivity contribution >= 4 is 5.91 Å². The predicted molar refractivity (Wildman–Crippen MR) is 67.8 cm³/mol. The number of carbonyl (C=O) groups is 1. The van der Waals surface area contributed by atoms with Gasteiger partial charge in [0, 0.05) is 5.56 Å². The number of rotatable bonds is 2. The molecule has 17 heavy (non-hydrogen) atoms. The minimum atomic E-state index is -0.190. The third-order valence-electron chi connectivity index (χ3n) is 2.67. The third kappa shape index (κ3) is 3.32. The number of nitriles is 1. The molecular formula is C14H18N2O. The molecule has 0 radical (unpaired) electrons. The summed E-state index contributed by atoms with van der Waals surface area (Å²) in [6.45, 7) is 8.36. The number of benzene rings is 1. The van der Waals surface area contributed by atoms with E-state index in [-0.39, 0.29) is 17.9 Å². The van der Waals surface area contributed by atoms with Crippen molar-refractivity contribution in [2.45, 2.75) is 33.1 Å². The van der Waals surface area contributed by atoms with Gasteiger partial charge in [-0.1, -0.05) is 32.9 Å². The molecule has 1 aromatic rings. The van der Waals surface area contributed by atoms with E-state index in [9.17, 15) is 4.79 Å². The fourth-order valence-electron chi connectivity index (χ4n) is 1.60. The maximum absolute atomic E-state index is 11.7. The second-order valence-electron chi connectivity index (χ2n) is 5.12. The zero-order valence-corrected chi connectivity index (χ0v) is 10.8. The summed E-state index contributed by atoms with van der Waals surface area (Å²) in [7, 11) is 0. The van der Waals surface area contributed by atoms with Gasteiger partial charge in [0.2, 0.25) is 0 Å². The van der Waals surface area contributed by atoms with Gasteiger partial charge in [-0.05, 0) is 29.5 Å². The zero-order valence-electron chi connectivity index (χ0n) is 10.8. The Hall–Kier alpha value is -1.82. The molecule has 0 aliphatic heterocycles. The van der Waals surface area contributed by atoms with Crippen LogP contribution in [0.2, 0.25) is 0 Å². The van der Waals surface area contributed by atoms with Gasteiger partial charge in [0.25, 0.3) is 5.91 Å². The van der Waals surface area contributed by atoms with Gasteiger partial charge in [0.1, 0.15) is 6.54 Å². The van der Waals surface area contributed by atoms with Crippen LogP contribution in [-0.2, 0) is 5.41 Å². The molecule has 0 saturated carbocycles. The first kappa shape index (κ1) is 13.2. The highest BCUT2D eigenvalue weighted by Gasteiger charge is 2.16. The van der Waals surface area contributed by atoms with Crippen molar-refractivity contribution in [1.29, 1.82) is 5.26 Å². The number of nitrogens with zero attached hydrogens (tertiary/aromatic N) is 1. The van der Waals surface area contributed by atoms with Crippen LogP contribution in [-0.4, -0.2) is 12.5 Å². The molecule has 0 aromatic heterocycles. The Kier molecular flexibility index (Phi) is 3.90. The fourth-order valence-corrected chi connectivity index (χ4v) is 1.60. The second kappa shape index (κ2) is 5.01. The molecule has 0 unspecified atom stereocenters. The maximum Gasteiger partial charge on any atom is 0.252 e. The number of hydrogen-bond donors (Lipinski definition) is 1. The summed E-state index contributed by atoms with van der Waals surface area (Å²) in [5.74, 6) is -0.190. The summed E-state index contributed by atoms with van der Waals surface area (Å²) in [5, 5.41) is 11.0. The van der Waals surface area contributed by atoms with Crippen LogP contribution in [0, 0.1) is 18.3 Å². The molecule has 0 aliphatic rings. The van der Waals surface area contributed by atoms with E-state index in [4.69, 9.17) is 5.26 Å². The first-order valence-electron chi connectivity index (χ1n) is 5.62. The maximum atomic E-state index is 11.7. The second-order valence-corrected chi connectivity index (χ2v) is 5.12. The van der Waals surface area contributed by atoms with Crippen LogP contribution < -0.4 is 5.32 Å². The number of aryl methyl sites for hydroxylation is 1. The van der Waals surface area contributed by atoms with E-state index < -0.39 is 0 Å². The average molecular weight is 230 g/mol. The summed E-state index contributed by atoms with van der Waals surface area (Å²) in [6.07, 6.45) is 0. The molecule has 0 bridgehead atoms. The van der Waals surface area contributed by atoms with E-state index in [0.29, 0.717) is 5.56 Å². The van der Waals surface area contributed by atoms with Crippen LogP contribution in [0.15, 0.2) is 18.2 Å². The normalized spacial score (nSPS) is 10.8. The Morgan fingerprint density at radius 1 is 1.41 bits per heavy atom. The van der Waals surface area contributed by atoms with Crippen LogP contribution in [0.25, 0.3) is 0 Å². The minimum Gasteiger partial charge on any atom is -0.339 e. The van der Waals surface area contributed by atoms with E-state index >= 15 is 0 Å². The van der Waals surface area contributed by atoms with Crippen molar-refractivity contribution in [1.82, 2.24) is 5.32 Å². The molecule has 90 valence electrons. The quantitative estimate of drug-likeness (QED) is 0.794. The summed E-state index contributed by atoms with van der Waals surface area (Å²) in [5.41, 5.74) is 2.85. The van der Waals surface area contributed by atoms with Crippen LogP contribution in [0.3, 0.4) is 0 Å². The lowest BCUT2D eigenvalue weighted by molar-refractivity contribution is 0.0958. The van der Waals surface area contributed by atoms with Gasteiger partial charge < -0.3 is 5.32 Å². The Balaban J connectivity index is 2.99. The van der Waals surface area contributed by atoms with E-state index in [0.717, 1.165) is 5.56 Å². The topological polar surface area (TPSA) is 52.9 Å². The van der Waals surface area contributed by atoms with Gasteiger partial charge in [-0.2, -0.15) is 5.26 Å². The highest BCUT2D eigenvalue weighted by atomic mass is 16.1. The zero-order chi connectivity index (χ0) is 13.1. The van der Waals surface area contributed by atoms with Gasteiger partial charge in [-0.3, -0.25) is 4.79 Å². The number of amides is 1. The number of nitrogens with one attached hydrogen (secondary N) is 1. The Morgan fingerprint density at radius 3 is 2.53 bits per heavy atom. The van der Waals surface area contributed by atoms with Crippen molar-refractivity contribution in [2.24, 2.45) is 0 Å². The molecule has 1 rings (SSSR count). The molecule has 1 N–H and O–H groups in total. The smallest absolute Gasteiger partial charge is 0.252 e. The molecule has 0 aliphatic carbocycles. The minimum absolute atomic E-state index is 0.0410. The molecule has 1 aromatic carbocycles. The Labute approximate surface area is 102 Å². The average Bonchev–Trinajstić information content (AvgIpc) is 2.24. The monoisotopic (exact) mass is 230 g/mol. The molecule has 3 heteroatoms. The predicted octanol–water partition coefficient (Wildman–Crippen LogP) is 2.55. The summed E-state index contributed by atoms with van der Waals surface area (Å²) in [4.78, 5) is 11.7. The molecule has 0 saturated heterocycles. The highest BCUT2D eigenvalue weighted by Crippen LogP contribution is 2.24. The summed E-state index contributed by atoms with van der Waals surface area (Å²) >= 11 is 0. The van der Waals surface area contributed by atoms with Crippen LogP contribution in [0.5, 0.6) is 0 Å². The van der Waals surface area contributed by atoms with Gasteiger partial charge in [0.15, 0.2) is 0 Å². The molecule has 3 nitrogen and oxygen atoms in total. The van der Waals surface area contributed by atoms with Gasteiger partial charge in [-0.25, -0.2) is 0 Å². The third-order valence-corrected chi connectivity index (χ3v) is 2.67. The lowest BCUT2D eigenvalue weighted by Gasteiger charge is -2.20. The number of carbonyl (C=O) groups excluding carboxylic acids is 1. The Morgan fingerprint density at radius 2 is 2.06 bits per heavy atom. The summed E-state index contributed by atoms with van der Waals surface area (Å²) < 4.78 is 0. The lowest BCUT2D eigenvalue weighted by atomic mass is 9.85. The SMILES string of the molecule is Cc1cc(C(C)(C)C)ccc1C(=O)NCC#N. The van der Waals surface area contributed by atoms with E-state index in [1.54, 1.807) is 0 Å². The lowest BCUT2D eigenvalue weighted by Crippen LogP contribution is -2.24. The van der Waals surface area contributed by atoms with Gasteiger partial charge in [-0.15, -0.1) is 0 Å². The Bertz CT molecular complexity index is 464. The standard InChI is InChI=1S/C14H18N2O/c1-10-9-11(14(2,3)4)5-6-12(10)13(17)16-8-7-15/h5-6,9H,8H2,1-4H3,(H,16,17). The van der Waals surface area contributed by atoms with Gasteiger partial charge in [0.05, 0.1) is 6.07 Å². The largest absolute Gasteiger partial charge is 0.339 e. The van der Waals surface area contributed by atoms with Crippen LogP contribution in [0.4, 0.5) is 0 Å². The highest BCUT2D eigenvalue weighted by molar-refractivity contribution is 5.95. The van der Waals surface area contributed by atoms with E-state index in [1.165, 1.54) is 5.56 Å². The van der Waals surface area contributed by atoms with Crippen molar-refractivity contribution in [3.63, 3.8) is 0 Å². The van der Waals surface area contributed by atoms with Crippen molar-refractivity contribution < 1.29 is 4.79 Å². The first-order chi connectivity index (χ1) is 7.86. The van der Waals surface area contributed by atoms with E-state index in [1.807, 2.05) is 31.2 Å². The summed E-state index contributed by atoms with van der Waals surface area (Å²) in [6, 6.07) is 7.71. The molecule has 0 fully saturated rings. The number of hydrogen-bond acceptors (Lipinski definition) is 2. The van der Waals surface area contributed by atoms with Crippen molar-refractivity contribution in [3.05, 3.63) is 34.9 Å². The van der Waals surface area contributed by atoms with Crippen LogP contribution >= 0.6 is 0 Å². The van der Waals surface area contributed by atoms with Crippen molar-refractivity contribution in [3.8, 4) is 6.07 Å². The van der Waals surface area contributed by atoms with Crippen molar-refractivity contribution in [2.75, 3.05) is 6.54 Å². The fraction of sp³-hybridized carbons (Fsp3) is 0.429. The molecule has 1 amide bonds. The van der Waals surface area contributed by atoms with E-state index in [2.05, 4.69) is 26.1 Å². The molecule has 0 atom stereocenters. The first-order valence-corrected chi connectivity index (χ1v) is 5.62. The molecular weight excluding hydrogens is 212 g/mol. The van der Waals surface area contributed by atoms with Gasteiger partial charge >= 0.3 is 0 Å². The molecule has 0 heterocycles. The molecule has 0 spiro atoms. The van der Waals surface area contributed by atoms with Crippen LogP contribution in [0.1, 0.15) is 42.3 Å².